The van der Waals surface area contributed by atoms with E-state index in [1.54, 1.807) is 54.6 Å². The molecule has 3 aromatic rings. The van der Waals surface area contributed by atoms with Crippen LogP contribution in [0.25, 0.3) is 0 Å². The third-order valence-corrected chi connectivity index (χ3v) is 6.84. The van der Waals surface area contributed by atoms with Gasteiger partial charge in [-0.1, -0.05) is 59.6 Å². The first-order valence-corrected chi connectivity index (χ1v) is 12.2. The van der Waals surface area contributed by atoms with Gasteiger partial charge < -0.3 is 15.2 Å². The molecule has 0 bridgehead atoms. The molecule has 0 aliphatic heterocycles. The van der Waals surface area contributed by atoms with E-state index in [9.17, 15) is 13.5 Å². The van der Waals surface area contributed by atoms with E-state index in [-0.39, 0.29) is 24.1 Å². The summed E-state index contributed by atoms with van der Waals surface area (Å²) in [6.45, 7) is 2.19. The summed E-state index contributed by atoms with van der Waals surface area (Å²) in [7, 11) is -3.76. The van der Waals surface area contributed by atoms with Crippen LogP contribution in [-0.2, 0) is 10.0 Å². The second-order valence-electron chi connectivity index (χ2n) is 7.18. The van der Waals surface area contributed by atoms with Crippen molar-refractivity contribution in [1.82, 2.24) is 5.32 Å². The largest absolute Gasteiger partial charge is 0.489 e. The van der Waals surface area contributed by atoms with Gasteiger partial charge in [-0.25, -0.2) is 8.42 Å². The molecule has 6 nitrogen and oxygen atoms in total. The lowest BCUT2D eigenvalue weighted by atomic mass is 10.1. The Balaban J connectivity index is 1.57. The molecule has 3 rings (SSSR count). The van der Waals surface area contributed by atoms with E-state index in [4.69, 9.17) is 27.9 Å². The Morgan fingerprint density at radius 1 is 0.969 bits per heavy atom. The molecule has 0 aromatic heterocycles. The van der Waals surface area contributed by atoms with Gasteiger partial charge in [-0.05, 0) is 48.9 Å². The number of anilines is 1. The first-order valence-electron chi connectivity index (χ1n) is 9.92. The van der Waals surface area contributed by atoms with Crippen LogP contribution in [0.5, 0.6) is 5.75 Å². The van der Waals surface area contributed by atoms with Crippen molar-refractivity contribution in [2.45, 2.75) is 24.0 Å². The van der Waals surface area contributed by atoms with Gasteiger partial charge in [0.25, 0.3) is 10.0 Å². The van der Waals surface area contributed by atoms with E-state index in [1.165, 1.54) is 12.1 Å². The Kier molecular flexibility index (Phi) is 8.39. The summed E-state index contributed by atoms with van der Waals surface area (Å²) in [6, 6.07) is 20.0. The Bertz CT molecular complexity index is 1140. The van der Waals surface area contributed by atoms with Crippen molar-refractivity contribution < 1.29 is 18.3 Å². The number of halogens is 2. The summed E-state index contributed by atoms with van der Waals surface area (Å²) >= 11 is 12.0. The molecule has 0 saturated carbocycles. The summed E-state index contributed by atoms with van der Waals surface area (Å²) in [5.41, 5.74) is 1.23. The van der Waals surface area contributed by atoms with Gasteiger partial charge in [0.1, 0.15) is 18.5 Å². The molecule has 32 heavy (non-hydrogen) atoms. The zero-order valence-corrected chi connectivity index (χ0v) is 19.7. The normalized spacial score (nSPS) is 13.4. The highest BCUT2D eigenvalue weighted by atomic mass is 35.5. The number of nitrogens with one attached hydrogen (secondary N) is 2. The van der Waals surface area contributed by atoms with E-state index in [0.717, 1.165) is 5.56 Å². The zero-order valence-electron chi connectivity index (χ0n) is 17.3. The predicted octanol–water partition coefficient (Wildman–Crippen LogP) is 4.88. The number of hydrogen-bond donors (Lipinski definition) is 3. The highest BCUT2D eigenvalue weighted by Gasteiger charge is 2.17. The predicted molar refractivity (Wildman–Crippen MR) is 128 cm³/mol. The Morgan fingerprint density at radius 2 is 1.66 bits per heavy atom. The standard InChI is InChI=1S/C23H24Cl2N2O4S/c1-16(17-11-12-20(24)21(25)13-17)26-14-18(28)15-31-23-10-6-5-9-22(23)27-32(29,30)19-7-3-2-4-8-19/h2-13,16,18,26-28H,14-15H2,1H3. The van der Waals surface area contributed by atoms with Crippen LogP contribution >= 0.6 is 23.2 Å². The molecule has 0 aliphatic carbocycles. The third kappa shape index (κ3) is 6.60. The van der Waals surface area contributed by atoms with E-state index < -0.39 is 16.1 Å². The van der Waals surface area contributed by atoms with Gasteiger partial charge in [-0.15, -0.1) is 0 Å². The van der Waals surface area contributed by atoms with Gasteiger partial charge in [0, 0.05) is 12.6 Å². The highest BCUT2D eigenvalue weighted by Crippen LogP contribution is 2.27. The monoisotopic (exact) mass is 494 g/mol. The summed E-state index contributed by atoms with van der Waals surface area (Å²) in [4.78, 5) is 0.148. The van der Waals surface area contributed by atoms with Crippen LogP contribution in [0.2, 0.25) is 10.0 Å². The molecular formula is C23H24Cl2N2O4S. The second kappa shape index (κ2) is 11.0. The van der Waals surface area contributed by atoms with Gasteiger partial charge >= 0.3 is 0 Å². The molecule has 3 aromatic carbocycles. The molecule has 170 valence electrons. The van der Waals surface area contributed by atoms with Crippen molar-refractivity contribution in [2.24, 2.45) is 0 Å². The van der Waals surface area contributed by atoms with E-state index in [0.29, 0.717) is 21.5 Å². The molecule has 0 radical (unpaired) electrons. The summed E-state index contributed by atoms with van der Waals surface area (Å²) in [5, 5.41) is 14.5. The minimum atomic E-state index is -3.76. The van der Waals surface area contributed by atoms with Crippen LogP contribution < -0.4 is 14.8 Å². The molecular weight excluding hydrogens is 471 g/mol. The zero-order chi connectivity index (χ0) is 23.1. The molecule has 9 heteroatoms. The van der Waals surface area contributed by atoms with Gasteiger partial charge in [-0.3, -0.25) is 4.72 Å². The van der Waals surface area contributed by atoms with E-state index in [1.807, 2.05) is 13.0 Å². The fraction of sp³-hybridized carbons (Fsp3) is 0.217. The molecule has 0 amide bonds. The maximum Gasteiger partial charge on any atom is 0.262 e. The highest BCUT2D eigenvalue weighted by molar-refractivity contribution is 7.92. The van der Waals surface area contributed by atoms with Crippen molar-refractivity contribution in [3.05, 3.63) is 88.4 Å². The lowest BCUT2D eigenvalue weighted by Gasteiger charge is -2.19. The fourth-order valence-corrected chi connectivity index (χ4v) is 4.34. The number of para-hydroxylation sites is 2. The maximum atomic E-state index is 12.6. The van der Waals surface area contributed by atoms with Crippen LogP contribution in [0.4, 0.5) is 5.69 Å². The SMILES string of the molecule is CC(NCC(O)COc1ccccc1NS(=O)(=O)c1ccccc1)c1ccc(Cl)c(Cl)c1. The molecule has 0 fully saturated rings. The first-order chi connectivity index (χ1) is 15.3. The van der Waals surface area contributed by atoms with Crippen molar-refractivity contribution in [2.75, 3.05) is 17.9 Å². The van der Waals surface area contributed by atoms with Crippen molar-refractivity contribution in [3.63, 3.8) is 0 Å². The molecule has 2 unspecified atom stereocenters. The number of rotatable bonds is 10. The fourth-order valence-electron chi connectivity index (χ4n) is 2.94. The number of ether oxygens (including phenoxy) is 1. The van der Waals surface area contributed by atoms with Gasteiger partial charge in [-0.2, -0.15) is 0 Å². The molecule has 0 aliphatic rings. The quantitative estimate of drug-likeness (QED) is 0.373. The summed E-state index contributed by atoms with van der Waals surface area (Å²) in [6.07, 6.45) is -0.820. The molecule has 2 atom stereocenters. The van der Waals surface area contributed by atoms with Crippen molar-refractivity contribution in [1.29, 1.82) is 0 Å². The molecule has 3 N–H and O–H groups in total. The number of sulfonamides is 1. The third-order valence-electron chi connectivity index (χ3n) is 4.72. The van der Waals surface area contributed by atoms with Gasteiger partial charge in [0.2, 0.25) is 0 Å². The van der Waals surface area contributed by atoms with Crippen LogP contribution in [0.15, 0.2) is 77.7 Å². The minimum absolute atomic E-state index is 0.0226. The van der Waals surface area contributed by atoms with Gasteiger partial charge in [0.05, 0.1) is 20.6 Å². The lowest BCUT2D eigenvalue weighted by molar-refractivity contribution is 0.104. The average Bonchev–Trinajstić information content (AvgIpc) is 2.79. The molecule has 0 saturated heterocycles. The second-order valence-corrected chi connectivity index (χ2v) is 9.68. The number of hydrogen-bond acceptors (Lipinski definition) is 5. The van der Waals surface area contributed by atoms with Crippen molar-refractivity contribution in [3.8, 4) is 5.75 Å². The first kappa shape index (κ1) is 24.4. The number of aliphatic hydroxyl groups is 1. The van der Waals surface area contributed by atoms with Crippen LogP contribution in [-0.4, -0.2) is 32.8 Å². The van der Waals surface area contributed by atoms with Crippen LogP contribution in [0.1, 0.15) is 18.5 Å². The summed E-state index contributed by atoms with van der Waals surface area (Å²) in [5.74, 6) is 0.323. The average molecular weight is 495 g/mol. The molecule has 0 heterocycles. The van der Waals surface area contributed by atoms with E-state index >= 15 is 0 Å². The van der Waals surface area contributed by atoms with Gasteiger partial charge in [0.15, 0.2) is 0 Å². The van der Waals surface area contributed by atoms with Crippen LogP contribution in [0, 0.1) is 0 Å². The van der Waals surface area contributed by atoms with Crippen LogP contribution in [0.3, 0.4) is 0 Å². The van der Waals surface area contributed by atoms with Crippen molar-refractivity contribution >= 4 is 38.9 Å². The lowest BCUT2D eigenvalue weighted by Crippen LogP contribution is -2.33. The summed E-state index contributed by atoms with van der Waals surface area (Å²) < 4.78 is 33.4. The smallest absolute Gasteiger partial charge is 0.262 e. The minimum Gasteiger partial charge on any atom is -0.489 e. The maximum absolute atomic E-state index is 12.6. The number of benzene rings is 3. The van der Waals surface area contributed by atoms with E-state index in [2.05, 4.69) is 10.0 Å². The Morgan fingerprint density at radius 3 is 2.38 bits per heavy atom. The number of aliphatic hydroxyl groups excluding tert-OH is 1. The Labute approximate surface area is 198 Å². The topological polar surface area (TPSA) is 87.7 Å². The molecule has 0 spiro atoms. The Hall–Kier alpha value is -2.29.